The molecule has 0 fully saturated rings. The van der Waals surface area contributed by atoms with Crippen LogP contribution < -0.4 is 10.3 Å². The van der Waals surface area contributed by atoms with Crippen molar-refractivity contribution in [1.29, 1.82) is 0 Å². The summed E-state index contributed by atoms with van der Waals surface area (Å²) in [5.41, 5.74) is 1.31. The van der Waals surface area contributed by atoms with Gasteiger partial charge in [-0.3, -0.25) is 4.79 Å². The molecule has 2 aromatic carbocycles. The third-order valence-corrected chi connectivity index (χ3v) is 4.30. The number of hydrogen-bond acceptors (Lipinski definition) is 4. The Morgan fingerprint density at radius 1 is 1.00 bits per heavy atom. The van der Waals surface area contributed by atoms with E-state index < -0.39 is 17.5 Å². The molecule has 3 aromatic rings. The van der Waals surface area contributed by atoms with Crippen LogP contribution in [0.1, 0.15) is 11.1 Å². The van der Waals surface area contributed by atoms with E-state index in [1.807, 2.05) is 19.0 Å². The highest BCUT2D eigenvalue weighted by atomic mass is 35.5. The van der Waals surface area contributed by atoms with E-state index in [9.17, 15) is 18.0 Å². The van der Waals surface area contributed by atoms with Gasteiger partial charge in [0.05, 0.1) is 19.3 Å². The van der Waals surface area contributed by atoms with Crippen LogP contribution in [-0.2, 0) is 13.1 Å². The minimum Gasteiger partial charge on any atom is -0.494 e. The number of hydrogen-bond donors (Lipinski definition) is 0. The fourth-order valence-electron chi connectivity index (χ4n) is 2.94. The summed E-state index contributed by atoms with van der Waals surface area (Å²) in [6.45, 7) is 0.285. The summed E-state index contributed by atoms with van der Waals surface area (Å²) >= 11 is 0. The smallest absolute Gasteiger partial charge is 0.271 e. The molecule has 0 bridgehead atoms. The van der Waals surface area contributed by atoms with Crippen molar-refractivity contribution in [3.05, 3.63) is 81.4 Å². The van der Waals surface area contributed by atoms with E-state index in [4.69, 9.17) is 4.74 Å². The van der Waals surface area contributed by atoms with Gasteiger partial charge >= 0.3 is 0 Å². The number of rotatable bonds is 6. The maximum Gasteiger partial charge on any atom is 0.271 e. The molecule has 0 aliphatic rings. The predicted octanol–water partition coefficient (Wildman–Crippen LogP) is 3.87. The first-order valence-electron chi connectivity index (χ1n) is 8.82. The number of halogens is 4. The highest BCUT2D eigenvalue weighted by Crippen LogP contribution is 2.24. The molecule has 0 saturated heterocycles. The van der Waals surface area contributed by atoms with Crippen molar-refractivity contribution in [1.82, 2.24) is 14.7 Å². The molecule has 0 unspecified atom stereocenters. The Hall–Kier alpha value is -2.84. The topological polar surface area (TPSA) is 47.4 Å². The Kier molecular flexibility index (Phi) is 7.64. The van der Waals surface area contributed by atoms with Crippen molar-refractivity contribution in [3.63, 3.8) is 0 Å². The maximum atomic E-state index is 14.1. The van der Waals surface area contributed by atoms with Gasteiger partial charge in [-0.1, -0.05) is 6.07 Å². The van der Waals surface area contributed by atoms with Gasteiger partial charge in [0.2, 0.25) is 0 Å². The van der Waals surface area contributed by atoms with E-state index in [1.165, 1.54) is 30.0 Å². The van der Waals surface area contributed by atoms with Gasteiger partial charge in [0.25, 0.3) is 5.56 Å². The maximum absolute atomic E-state index is 14.1. The highest BCUT2D eigenvalue weighted by Gasteiger charge is 2.14. The van der Waals surface area contributed by atoms with Gasteiger partial charge in [-0.05, 0) is 56.1 Å². The van der Waals surface area contributed by atoms with Gasteiger partial charge in [-0.15, -0.1) is 12.4 Å². The van der Waals surface area contributed by atoms with Crippen molar-refractivity contribution in [2.45, 2.75) is 13.1 Å². The van der Waals surface area contributed by atoms with Gasteiger partial charge < -0.3 is 9.64 Å². The molecule has 0 radical (unpaired) electrons. The number of ether oxygens (including phenoxy) is 1. The minimum atomic E-state index is -1.00. The third kappa shape index (κ3) is 5.20. The number of aromatic nitrogens is 2. The van der Waals surface area contributed by atoms with Gasteiger partial charge in [0, 0.05) is 17.7 Å². The third-order valence-electron chi connectivity index (χ3n) is 4.30. The molecule has 160 valence electrons. The lowest BCUT2D eigenvalue weighted by atomic mass is 10.1. The van der Waals surface area contributed by atoms with Gasteiger partial charge in [-0.25, -0.2) is 17.9 Å². The molecule has 0 aliphatic heterocycles. The van der Waals surface area contributed by atoms with E-state index in [2.05, 4.69) is 5.10 Å². The molecule has 1 heterocycles. The van der Waals surface area contributed by atoms with Crippen molar-refractivity contribution < 1.29 is 17.9 Å². The van der Waals surface area contributed by atoms with Crippen LogP contribution in [0.3, 0.4) is 0 Å². The lowest BCUT2D eigenvalue weighted by Crippen LogP contribution is -2.29. The molecule has 5 nitrogen and oxygen atoms in total. The van der Waals surface area contributed by atoms with E-state index in [0.717, 1.165) is 12.1 Å². The van der Waals surface area contributed by atoms with E-state index >= 15 is 0 Å². The Bertz CT molecular complexity index is 1100. The predicted molar refractivity (Wildman–Crippen MR) is 111 cm³/mol. The van der Waals surface area contributed by atoms with Crippen LogP contribution >= 0.6 is 12.4 Å². The molecular weight excluding hydrogens is 419 g/mol. The van der Waals surface area contributed by atoms with Crippen LogP contribution in [0.25, 0.3) is 11.3 Å². The van der Waals surface area contributed by atoms with Gasteiger partial charge in [0.15, 0.2) is 23.2 Å². The van der Waals surface area contributed by atoms with Crippen LogP contribution in [0.15, 0.2) is 47.3 Å². The normalized spacial score (nSPS) is 10.8. The number of methoxy groups -OCH3 is 1. The average Bonchev–Trinajstić information content (AvgIpc) is 2.67. The molecule has 1 aromatic heterocycles. The van der Waals surface area contributed by atoms with Crippen LogP contribution in [0.4, 0.5) is 13.2 Å². The first-order valence-corrected chi connectivity index (χ1v) is 8.82. The lowest BCUT2D eigenvalue weighted by Gasteiger charge is -2.14. The molecule has 0 atom stereocenters. The van der Waals surface area contributed by atoms with Gasteiger partial charge in [-0.2, -0.15) is 5.10 Å². The minimum absolute atomic E-state index is 0. The van der Waals surface area contributed by atoms with Crippen LogP contribution in [0.5, 0.6) is 5.75 Å². The zero-order valence-electron chi connectivity index (χ0n) is 16.7. The van der Waals surface area contributed by atoms with Crippen molar-refractivity contribution in [2.24, 2.45) is 0 Å². The Morgan fingerprint density at radius 2 is 1.73 bits per heavy atom. The molecule has 0 aliphatic carbocycles. The van der Waals surface area contributed by atoms with Crippen LogP contribution in [0, 0.1) is 17.5 Å². The van der Waals surface area contributed by atoms with Crippen LogP contribution in [-0.4, -0.2) is 35.9 Å². The van der Waals surface area contributed by atoms with Crippen molar-refractivity contribution in [2.75, 3.05) is 21.2 Å². The first-order chi connectivity index (χ1) is 13.8. The number of nitrogens with zero attached hydrogens (tertiary/aromatic N) is 3. The quantitative estimate of drug-likeness (QED) is 0.585. The number of benzene rings is 2. The lowest BCUT2D eigenvalue weighted by molar-refractivity contribution is 0.386. The Balaban J connectivity index is 0.00000320. The molecule has 0 N–H and O–H groups in total. The summed E-state index contributed by atoms with van der Waals surface area (Å²) in [6, 6.07) is 9.39. The fraction of sp³-hybridized carbons (Fsp3) is 0.238. The van der Waals surface area contributed by atoms with E-state index in [0.29, 0.717) is 28.9 Å². The summed E-state index contributed by atoms with van der Waals surface area (Å²) < 4.78 is 47.0. The highest BCUT2D eigenvalue weighted by molar-refractivity contribution is 5.85. The van der Waals surface area contributed by atoms with Crippen molar-refractivity contribution in [3.8, 4) is 17.0 Å². The summed E-state index contributed by atoms with van der Waals surface area (Å²) in [6.07, 6.45) is 0. The average molecular weight is 440 g/mol. The molecule has 0 amide bonds. The summed E-state index contributed by atoms with van der Waals surface area (Å²) in [4.78, 5) is 14.6. The zero-order valence-corrected chi connectivity index (χ0v) is 17.5. The van der Waals surface area contributed by atoms with Crippen molar-refractivity contribution >= 4 is 12.4 Å². The SMILES string of the molecule is COc1ccc(-c2cc(CN(C)C)c(=O)n(Cc3ccc(F)c(F)c3)n2)cc1F.Cl. The van der Waals surface area contributed by atoms with Crippen LogP contribution in [0.2, 0.25) is 0 Å². The first kappa shape index (κ1) is 23.4. The molecular formula is C21H21ClF3N3O2. The zero-order chi connectivity index (χ0) is 21.1. The molecule has 9 heteroatoms. The Morgan fingerprint density at radius 3 is 2.33 bits per heavy atom. The summed E-state index contributed by atoms with van der Waals surface area (Å²) in [7, 11) is 4.99. The molecule has 3 rings (SSSR count). The fourth-order valence-corrected chi connectivity index (χ4v) is 2.94. The van der Waals surface area contributed by atoms with Gasteiger partial charge in [0.1, 0.15) is 0 Å². The second kappa shape index (κ2) is 9.77. The second-order valence-electron chi connectivity index (χ2n) is 6.85. The molecule has 0 saturated carbocycles. The molecule has 30 heavy (non-hydrogen) atoms. The summed E-state index contributed by atoms with van der Waals surface area (Å²) in [5, 5.41) is 4.32. The largest absolute Gasteiger partial charge is 0.494 e. The monoisotopic (exact) mass is 439 g/mol. The van der Waals surface area contributed by atoms with E-state index in [1.54, 1.807) is 12.1 Å². The second-order valence-corrected chi connectivity index (χ2v) is 6.85. The summed E-state index contributed by atoms with van der Waals surface area (Å²) in [5.74, 6) is -2.43. The standard InChI is InChI=1S/C21H20F3N3O2.ClH/c1-26(2)12-15-10-19(14-5-7-20(29-3)18(24)9-14)25-27(21(15)28)11-13-4-6-16(22)17(23)8-13;/h4-10H,11-12H2,1-3H3;1H. The Labute approximate surface area is 178 Å². The van der Waals surface area contributed by atoms with E-state index in [-0.39, 0.29) is 30.3 Å². The molecule has 0 spiro atoms.